The molecule has 2 aliphatic heterocycles. The molecule has 0 fully saturated rings. The first kappa shape index (κ1) is 16.2. The van der Waals surface area contributed by atoms with E-state index >= 15 is 0 Å². The average Bonchev–Trinajstić information content (AvgIpc) is 3.32. The lowest BCUT2D eigenvalue weighted by molar-refractivity contribution is 0.335. The van der Waals surface area contributed by atoms with Gasteiger partial charge < -0.3 is 4.90 Å². The maximum absolute atomic E-state index is 3.62. The Hall–Kier alpha value is -1.80. The van der Waals surface area contributed by atoms with Gasteiger partial charge in [-0.3, -0.25) is 0 Å². The zero-order valence-electron chi connectivity index (χ0n) is 15.6. The largest absolute Gasteiger partial charge is 0.363 e. The van der Waals surface area contributed by atoms with Gasteiger partial charge in [-0.1, -0.05) is 70.1 Å². The highest BCUT2D eigenvalue weighted by molar-refractivity contribution is 9.10. The van der Waals surface area contributed by atoms with Crippen molar-refractivity contribution >= 4 is 21.6 Å². The van der Waals surface area contributed by atoms with Crippen LogP contribution in [0.5, 0.6) is 0 Å². The fourth-order valence-corrected chi connectivity index (χ4v) is 6.44. The monoisotopic (exact) mass is 417 g/mol. The molecular formula is C25H24BrN. The van der Waals surface area contributed by atoms with Crippen LogP contribution in [0.1, 0.15) is 53.0 Å². The summed E-state index contributed by atoms with van der Waals surface area (Å²) in [4.78, 5) is 2.79. The summed E-state index contributed by atoms with van der Waals surface area (Å²) < 4.78 is 1.17. The first-order valence-electron chi connectivity index (χ1n) is 10.2. The molecule has 0 saturated carbocycles. The van der Waals surface area contributed by atoms with E-state index in [1.165, 1.54) is 35.0 Å². The van der Waals surface area contributed by atoms with Gasteiger partial charge in [0.2, 0.25) is 0 Å². The molecule has 2 aromatic carbocycles. The highest BCUT2D eigenvalue weighted by atomic mass is 79.9. The number of hydrogen-bond donors (Lipinski definition) is 0. The Balaban J connectivity index is 1.59. The topological polar surface area (TPSA) is 3.24 Å². The summed E-state index contributed by atoms with van der Waals surface area (Å²) in [6.07, 6.45) is 12.2. The molecule has 6 rings (SSSR count). The zero-order valence-corrected chi connectivity index (χ0v) is 17.2. The molecule has 4 aliphatic rings. The predicted molar refractivity (Wildman–Crippen MR) is 115 cm³/mol. The molecule has 0 unspecified atom stereocenters. The molecule has 2 heteroatoms. The number of anilines is 1. The van der Waals surface area contributed by atoms with Gasteiger partial charge in [0.15, 0.2) is 0 Å². The van der Waals surface area contributed by atoms with Crippen molar-refractivity contribution in [3.63, 3.8) is 0 Å². The van der Waals surface area contributed by atoms with Gasteiger partial charge in [0, 0.05) is 28.5 Å². The van der Waals surface area contributed by atoms with E-state index in [0.29, 0.717) is 23.8 Å². The number of aryl methyl sites for hydroxylation is 1. The van der Waals surface area contributed by atoms with Crippen molar-refractivity contribution in [3.8, 4) is 0 Å². The fourth-order valence-electron chi connectivity index (χ4n) is 6.17. The van der Waals surface area contributed by atoms with Crippen molar-refractivity contribution in [2.45, 2.75) is 37.6 Å². The second-order valence-electron chi connectivity index (χ2n) is 8.74. The molecule has 27 heavy (non-hydrogen) atoms. The van der Waals surface area contributed by atoms with Gasteiger partial charge in [0.05, 0.1) is 6.04 Å². The molecule has 2 aromatic rings. The molecule has 2 heterocycles. The number of halogens is 1. The normalized spacial score (nSPS) is 32.4. The van der Waals surface area contributed by atoms with Gasteiger partial charge in [-0.15, -0.1) is 0 Å². The van der Waals surface area contributed by atoms with E-state index in [-0.39, 0.29) is 0 Å². The summed E-state index contributed by atoms with van der Waals surface area (Å²) in [7, 11) is 0. The molecule has 1 nitrogen and oxygen atoms in total. The van der Waals surface area contributed by atoms with Gasteiger partial charge in [-0.25, -0.2) is 0 Å². The highest BCUT2D eigenvalue weighted by Crippen LogP contribution is 2.58. The Bertz CT molecular complexity index is 953. The summed E-state index contributed by atoms with van der Waals surface area (Å²) >= 11 is 3.62. The smallest absolute Gasteiger partial charge is 0.0582 e. The Morgan fingerprint density at radius 1 is 0.926 bits per heavy atom. The van der Waals surface area contributed by atoms with E-state index < -0.39 is 0 Å². The molecule has 0 radical (unpaired) electrons. The number of nitrogens with zero attached hydrogens (tertiary/aromatic N) is 1. The van der Waals surface area contributed by atoms with Gasteiger partial charge in [0.25, 0.3) is 0 Å². The van der Waals surface area contributed by atoms with Crippen LogP contribution in [0.3, 0.4) is 0 Å². The third-order valence-electron chi connectivity index (χ3n) is 7.21. The van der Waals surface area contributed by atoms with E-state index in [1.807, 2.05) is 0 Å². The van der Waals surface area contributed by atoms with Crippen LogP contribution in [0, 0.1) is 18.8 Å². The quantitative estimate of drug-likeness (QED) is 0.469. The van der Waals surface area contributed by atoms with Gasteiger partial charge in [-0.05, 0) is 60.4 Å². The average molecular weight is 418 g/mol. The van der Waals surface area contributed by atoms with E-state index in [1.54, 1.807) is 16.8 Å². The Morgan fingerprint density at radius 2 is 1.63 bits per heavy atom. The summed E-state index contributed by atoms with van der Waals surface area (Å²) in [5, 5.41) is 0. The first-order chi connectivity index (χ1) is 13.2. The third-order valence-corrected chi connectivity index (χ3v) is 7.73. The third kappa shape index (κ3) is 2.29. The van der Waals surface area contributed by atoms with Gasteiger partial charge in [0.1, 0.15) is 0 Å². The fraction of sp³-hybridized carbons (Fsp3) is 0.360. The molecule has 0 bridgehead atoms. The van der Waals surface area contributed by atoms with E-state index in [0.717, 1.165) is 5.92 Å². The van der Waals surface area contributed by atoms with Crippen molar-refractivity contribution in [1.29, 1.82) is 0 Å². The summed E-state index contributed by atoms with van der Waals surface area (Å²) in [6.45, 7) is 3.46. The van der Waals surface area contributed by atoms with Crippen LogP contribution in [0.2, 0.25) is 0 Å². The summed E-state index contributed by atoms with van der Waals surface area (Å²) in [6, 6.07) is 14.5. The highest BCUT2D eigenvalue weighted by Gasteiger charge is 2.47. The lowest BCUT2D eigenvalue weighted by Crippen LogP contribution is -2.46. The van der Waals surface area contributed by atoms with Crippen LogP contribution in [0.4, 0.5) is 5.69 Å². The van der Waals surface area contributed by atoms with Crippen LogP contribution in [-0.4, -0.2) is 6.54 Å². The predicted octanol–water partition coefficient (Wildman–Crippen LogP) is 6.65. The lowest BCUT2D eigenvalue weighted by Gasteiger charge is -2.51. The maximum atomic E-state index is 3.62. The minimum atomic E-state index is 0.480. The van der Waals surface area contributed by atoms with Crippen LogP contribution in [0.15, 0.2) is 65.2 Å². The number of allylic oxidation sites excluding steroid dienone is 4. The Labute approximate surface area is 169 Å². The van der Waals surface area contributed by atoms with E-state index in [9.17, 15) is 0 Å². The second kappa shape index (κ2) is 5.85. The summed E-state index contributed by atoms with van der Waals surface area (Å²) in [5.41, 5.74) is 7.60. The van der Waals surface area contributed by atoms with Crippen molar-refractivity contribution in [2.75, 3.05) is 11.4 Å². The van der Waals surface area contributed by atoms with E-state index in [4.69, 9.17) is 0 Å². The zero-order chi connectivity index (χ0) is 18.1. The Kier molecular flexibility index (Phi) is 3.50. The molecule has 0 spiro atoms. The molecule has 0 aromatic heterocycles. The van der Waals surface area contributed by atoms with Crippen molar-refractivity contribution in [2.24, 2.45) is 11.8 Å². The summed E-state index contributed by atoms with van der Waals surface area (Å²) in [5.74, 6) is 2.56. The molecule has 136 valence electrons. The van der Waals surface area contributed by atoms with E-state index in [2.05, 4.69) is 88.5 Å². The molecule has 2 aliphatic carbocycles. The van der Waals surface area contributed by atoms with Crippen LogP contribution in [-0.2, 0) is 0 Å². The number of rotatable bonds is 1. The van der Waals surface area contributed by atoms with Crippen molar-refractivity contribution in [1.82, 2.24) is 0 Å². The maximum Gasteiger partial charge on any atom is 0.0582 e. The number of benzene rings is 2. The van der Waals surface area contributed by atoms with Crippen LogP contribution < -0.4 is 4.90 Å². The van der Waals surface area contributed by atoms with Gasteiger partial charge >= 0.3 is 0 Å². The van der Waals surface area contributed by atoms with Crippen LogP contribution >= 0.6 is 15.9 Å². The van der Waals surface area contributed by atoms with Gasteiger partial charge in [-0.2, -0.15) is 0 Å². The molecular weight excluding hydrogens is 394 g/mol. The number of fused-ring (bicyclic) bond motifs is 4. The second-order valence-corrected chi connectivity index (χ2v) is 9.66. The molecule has 0 saturated heterocycles. The van der Waals surface area contributed by atoms with Crippen molar-refractivity contribution in [3.05, 3.63) is 87.4 Å². The van der Waals surface area contributed by atoms with Crippen molar-refractivity contribution < 1.29 is 0 Å². The molecule has 0 amide bonds. The molecule has 5 atom stereocenters. The Morgan fingerprint density at radius 3 is 2.44 bits per heavy atom. The number of hydrogen-bond acceptors (Lipinski definition) is 1. The first-order valence-corrected chi connectivity index (χ1v) is 11.0. The van der Waals surface area contributed by atoms with Crippen LogP contribution in [0.25, 0.3) is 0 Å². The molecule has 0 N–H and O–H groups in total. The SMILES string of the molecule is Cc1cc2c3c(c1)[C@@H]1C=CC[C@@H]1[C@H](c1ccc(Br)cc1)N3C[C@@H]1CC=C[C@H]21. The lowest BCUT2D eigenvalue weighted by atomic mass is 9.70. The standard InChI is InChI=1S/C25H24BrN/c1-15-12-22-19-5-2-4-17(19)14-27-24(16-8-10-18(26)11-9-16)21-7-3-6-20(21)23(13-15)25(22)27/h2-3,5-6,8-13,17,19-21,24H,4,7,14H2,1H3/t17-,19-,20+,21-,24-/m0/s1. The minimum absolute atomic E-state index is 0.480. The minimum Gasteiger partial charge on any atom is -0.363 e.